The summed E-state index contributed by atoms with van der Waals surface area (Å²) in [6, 6.07) is 6.83. The molecule has 1 aliphatic carbocycles. The standard InChI is InChI=1S/C19H13F6NO2S/c20-18(21,22)11-7-12(19(23,24)25)9-14(8-11)26(13-5-6-13)16-10-29(27,28)17-4-2-1-3-15(16)17/h1-4,7-10,13H,5-6H2. The van der Waals surface area contributed by atoms with Gasteiger partial charge in [0.2, 0.25) is 9.84 Å². The van der Waals surface area contributed by atoms with E-state index in [1.807, 2.05) is 0 Å². The zero-order valence-electron chi connectivity index (χ0n) is 14.6. The Morgan fingerprint density at radius 1 is 0.862 bits per heavy atom. The van der Waals surface area contributed by atoms with Crippen molar-refractivity contribution in [2.45, 2.75) is 36.1 Å². The minimum absolute atomic E-state index is 0.0244. The summed E-state index contributed by atoms with van der Waals surface area (Å²) >= 11 is 0. The molecule has 0 spiro atoms. The highest BCUT2D eigenvalue weighted by Crippen LogP contribution is 2.46. The lowest BCUT2D eigenvalue weighted by Gasteiger charge is -2.28. The molecule has 3 nitrogen and oxygen atoms in total. The Hall–Kier alpha value is -2.49. The predicted molar refractivity (Wildman–Crippen MR) is 93.6 cm³/mol. The number of alkyl halides is 6. The van der Waals surface area contributed by atoms with Crippen molar-refractivity contribution in [3.05, 3.63) is 64.6 Å². The second-order valence-corrected chi connectivity index (χ2v) is 8.68. The molecule has 0 aromatic heterocycles. The summed E-state index contributed by atoms with van der Waals surface area (Å²) in [6.45, 7) is 0. The first-order chi connectivity index (χ1) is 13.4. The monoisotopic (exact) mass is 433 g/mol. The summed E-state index contributed by atoms with van der Waals surface area (Å²) in [5, 5.41) is 0.906. The van der Waals surface area contributed by atoms with E-state index in [-0.39, 0.29) is 34.0 Å². The number of sulfone groups is 1. The van der Waals surface area contributed by atoms with Gasteiger partial charge in [0.25, 0.3) is 0 Å². The Balaban J connectivity index is 1.93. The number of rotatable bonds is 3. The SMILES string of the molecule is O=S1(=O)C=C(N(c2cc(C(F)(F)F)cc(C(F)(F)F)c2)C2CC2)c2ccccc21. The third-order valence-electron chi connectivity index (χ3n) is 4.76. The van der Waals surface area contributed by atoms with Crippen LogP contribution in [0.5, 0.6) is 0 Å². The minimum Gasteiger partial charge on any atom is -0.337 e. The Kier molecular flexibility index (Phi) is 4.27. The second-order valence-electron chi connectivity index (χ2n) is 6.91. The number of anilines is 1. The molecule has 2 aliphatic rings. The molecule has 29 heavy (non-hydrogen) atoms. The zero-order chi connectivity index (χ0) is 21.2. The largest absolute Gasteiger partial charge is 0.416 e. The fourth-order valence-corrected chi connectivity index (χ4v) is 4.75. The summed E-state index contributed by atoms with van der Waals surface area (Å²) < 4.78 is 104. The van der Waals surface area contributed by atoms with Crippen molar-refractivity contribution >= 4 is 21.2 Å². The Labute approximate surface area is 162 Å². The fourth-order valence-electron chi connectivity index (χ4n) is 3.34. The highest BCUT2D eigenvalue weighted by Gasteiger charge is 2.41. The van der Waals surface area contributed by atoms with Crippen LogP contribution >= 0.6 is 0 Å². The van der Waals surface area contributed by atoms with Gasteiger partial charge in [-0.15, -0.1) is 0 Å². The molecular weight excluding hydrogens is 420 g/mol. The Bertz CT molecular complexity index is 1080. The van der Waals surface area contributed by atoms with E-state index in [1.54, 1.807) is 6.07 Å². The van der Waals surface area contributed by atoms with Gasteiger partial charge in [-0.3, -0.25) is 0 Å². The molecular formula is C19H13F6NO2S. The molecule has 0 bridgehead atoms. The molecule has 0 atom stereocenters. The highest BCUT2D eigenvalue weighted by molar-refractivity contribution is 7.95. The van der Waals surface area contributed by atoms with Gasteiger partial charge in [-0.2, -0.15) is 26.3 Å². The predicted octanol–water partition coefficient (Wildman–Crippen LogP) is 5.48. The molecule has 2 aromatic rings. The van der Waals surface area contributed by atoms with E-state index >= 15 is 0 Å². The lowest BCUT2D eigenvalue weighted by atomic mass is 10.1. The van der Waals surface area contributed by atoms with Gasteiger partial charge in [-0.25, -0.2) is 8.42 Å². The van der Waals surface area contributed by atoms with Crippen molar-refractivity contribution in [3.8, 4) is 0 Å². The summed E-state index contributed by atoms with van der Waals surface area (Å²) in [5.41, 5.74) is -2.89. The van der Waals surface area contributed by atoms with Crippen molar-refractivity contribution in [2.24, 2.45) is 0 Å². The zero-order valence-corrected chi connectivity index (χ0v) is 15.4. The molecule has 154 valence electrons. The average Bonchev–Trinajstić information content (AvgIpc) is 3.40. The summed E-state index contributed by atoms with van der Waals surface area (Å²) in [5.74, 6) is 0. The van der Waals surface area contributed by atoms with E-state index in [2.05, 4.69) is 0 Å². The minimum atomic E-state index is -4.99. The van der Waals surface area contributed by atoms with Crippen LogP contribution in [0, 0.1) is 0 Å². The first-order valence-corrected chi connectivity index (χ1v) is 10.1. The molecule has 0 radical (unpaired) electrons. The van der Waals surface area contributed by atoms with Crippen LogP contribution in [-0.2, 0) is 22.2 Å². The van der Waals surface area contributed by atoms with Gasteiger partial charge in [0.1, 0.15) is 0 Å². The van der Waals surface area contributed by atoms with Crippen LogP contribution in [-0.4, -0.2) is 14.5 Å². The van der Waals surface area contributed by atoms with Crippen molar-refractivity contribution in [1.29, 1.82) is 0 Å². The first-order valence-electron chi connectivity index (χ1n) is 8.53. The summed E-state index contributed by atoms with van der Waals surface area (Å²) in [6.07, 6.45) is -8.92. The third kappa shape index (κ3) is 3.61. The van der Waals surface area contributed by atoms with Gasteiger partial charge in [0, 0.05) is 17.3 Å². The van der Waals surface area contributed by atoms with Crippen LogP contribution in [0.2, 0.25) is 0 Å². The van der Waals surface area contributed by atoms with Crippen LogP contribution in [0.3, 0.4) is 0 Å². The molecule has 1 aliphatic heterocycles. The van der Waals surface area contributed by atoms with Crippen molar-refractivity contribution in [3.63, 3.8) is 0 Å². The van der Waals surface area contributed by atoms with Crippen molar-refractivity contribution in [2.75, 3.05) is 4.90 Å². The van der Waals surface area contributed by atoms with Crippen LogP contribution in [0.1, 0.15) is 29.5 Å². The molecule has 4 rings (SSSR count). The quantitative estimate of drug-likeness (QED) is 0.602. The maximum atomic E-state index is 13.3. The molecule has 2 aromatic carbocycles. The third-order valence-corrected chi connectivity index (χ3v) is 6.26. The maximum absolute atomic E-state index is 13.3. The van der Waals surface area contributed by atoms with Crippen LogP contribution in [0.25, 0.3) is 5.70 Å². The van der Waals surface area contributed by atoms with Gasteiger partial charge >= 0.3 is 12.4 Å². The van der Waals surface area contributed by atoms with Gasteiger partial charge in [0.05, 0.1) is 27.1 Å². The van der Waals surface area contributed by atoms with Gasteiger partial charge in [-0.05, 0) is 37.1 Å². The number of hydrogen-bond donors (Lipinski definition) is 0. The van der Waals surface area contributed by atoms with E-state index in [9.17, 15) is 34.8 Å². The topological polar surface area (TPSA) is 37.4 Å². The van der Waals surface area contributed by atoms with Crippen molar-refractivity contribution in [1.82, 2.24) is 0 Å². The molecule has 1 fully saturated rings. The second kappa shape index (κ2) is 6.25. The number of hydrogen-bond acceptors (Lipinski definition) is 3. The smallest absolute Gasteiger partial charge is 0.337 e. The van der Waals surface area contributed by atoms with E-state index in [0.717, 1.165) is 5.41 Å². The molecule has 0 amide bonds. The number of benzene rings is 2. The summed E-state index contributed by atoms with van der Waals surface area (Å²) in [4.78, 5) is 1.25. The number of fused-ring (bicyclic) bond motifs is 1. The normalized spacial score (nSPS) is 18.3. The molecule has 0 unspecified atom stereocenters. The van der Waals surface area contributed by atoms with Gasteiger partial charge < -0.3 is 4.90 Å². The van der Waals surface area contributed by atoms with Crippen molar-refractivity contribution < 1.29 is 34.8 Å². The lowest BCUT2D eigenvalue weighted by Crippen LogP contribution is -2.25. The Morgan fingerprint density at radius 2 is 1.41 bits per heavy atom. The maximum Gasteiger partial charge on any atom is 0.416 e. The Morgan fingerprint density at radius 3 is 1.93 bits per heavy atom. The first kappa shape index (κ1) is 19.8. The summed E-state index contributed by atoms with van der Waals surface area (Å²) in [7, 11) is -3.84. The average molecular weight is 433 g/mol. The van der Waals surface area contributed by atoms with E-state index in [1.165, 1.54) is 23.1 Å². The number of nitrogens with zero attached hydrogens (tertiary/aromatic N) is 1. The van der Waals surface area contributed by atoms with E-state index in [4.69, 9.17) is 0 Å². The van der Waals surface area contributed by atoms with E-state index < -0.39 is 33.3 Å². The molecule has 10 heteroatoms. The molecule has 1 saturated carbocycles. The van der Waals surface area contributed by atoms with Gasteiger partial charge in [0.15, 0.2) is 0 Å². The molecule has 0 N–H and O–H groups in total. The fraction of sp³-hybridized carbons (Fsp3) is 0.263. The van der Waals surface area contributed by atoms with Gasteiger partial charge in [-0.1, -0.05) is 18.2 Å². The number of halogens is 6. The van der Waals surface area contributed by atoms with E-state index in [0.29, 0.717) is 25.0 Å². The molecule has 0 saturated heterocycles. The van der Waals surface area contributed by atoms with Crippen LogP contribution in [0.15, 0.2) is 52.8 Å². The van der Waals surface area contributed by atoms with Crippen LogP contribution < -0.4 is 4.90 Å². The highest BCUT2D eigenvalue weighted by atomic mass is 32.2. The molecule has 1 heterocycles. The lowest BCUT2D eigenvalue weighted by molar-refractivity contribution is -0.143. The van der Waals surface area contributed by atoms with Crippen LogP contribution in [0.4, 0.5) is 32.0 Å².